The molecule has 1 aromatic heterocycles. The molecule has 1 fully saturated rings. The van der Waals surface area contributed by atoms with E-state index in [9.17, 15) is 5.11 Å². The number of anilines is 2. The number of nitrogens with one attached hydrogen (secondary N) is 1. The van der Waals surface area contributed by atoms with Gasteiger partial charge in [0.25, 0.3) is 0 Å². The zero-order valence-electron chi connectivity index (χ0n) is 10.6. The number of rotatable bonds is 4. The third kappa shape index (κ3) is 3.20. The fourth-order valence-electron chi connectivity index (χ4n) is 1.91. The highest BCUT2D eigenvalue weighted by Gasteiger charge is 2.33. The summed E-state index contributed by atoms with van der Waals surface area (Å²) in [4.78, 5) is 14.4. The normalized spacial score (nSPS) is 23.4. The van der Waals surface area contributed by atoms with Gasteiger partial charge in [0.2, 0.25) is 17.2 Å². The standard InChI is InChI=1S/C11H18ClN5O/c1-3-5-13-9-14-8(12)15-10(16-9)17-6-4-11(2,18)7-17/h18H,3-7H2,1-2H3,(H,13,14,15,16). The third-order valence-electron chi connectivity index (χ3n) is 2.86. The average molecular weight is 272 g/mol. The molecule has 0 spiro atoms. The first kappa shape index (κ1) is 13.3. The number of hydrogen-bond acceptors (Lipinski definition) is 6. The van der Waals surface area contributed by atoms with Crippen molar-refractivity contribution in [1.29, 1.82) is 0 Å². The average Bonchev–Trinajstić information content (AvgIpc) is 2.66. The number of hydrogen-bond donors (Lipinski definition) is 2. The van der Waals surface area contributed by atoms with E-state index in [4.69, 9.17) is 11.6 Å². The van der Waals surface area contributed by atoms with E-state index < -0.39 is 5.60 Å². The lowest BCUT2D eigenvalue weighted by molar-refractivity contribution is 0.0838. The molecule has 18 heavy (non-hydrogen) atoms. The van der Waals surface area contributed by atoms with Gasteiger partial charge in [-0.2, -0.15) is 15.0 Å². The smallest absolute Gasteiger partial charge is 0.231 e. The number of β-amino-alcohol motifs (C(OH)–C–C–N with tert-alkyl or cyclic N) is 1. The van der Waals surface area contributed by atoms with Gasteiger partial charge in [0, 0.05) is 19.6 Å². The number of aliphatic hydroxyl groups is 1. The predicted molar refractivity (Wildman–Crippen MR) is 71.1 cm³/mol. The molecule has 0 saturated carbocycles. The van der Waals surface area contributed by atoms with Crippen molar-refractivity contribution in [2.45, 2.75) is 32.3 Å². The Balaban J connectivity index is 2.15. The van der Waals surface area contributed by atoms with Crippen LogP contribution < -0.4 is 10.2 Å². The largest absolute Gasteiger partial charge is 0.388 e. The lowest BCUT2D eigenvalue weighted by atomic mass is 10.1. The van der Waals surface area contributed by atoms with Gasteiger partial charge in [-0.25, -0.2) is 0 Å². The Bertz CT molecular complexity index is 426. The lowest BCUT2D eigenvalue weighted by Crippen LogP contribution is -2.30. The first-order chi connectivity index (χ1) is 8.50. The van der Waals surface area contributed by atoms with E-state index >= 15 is 0 Å². The Hall–Kier alpha value is -1.14. The molecular weight excluding hydrogens is 254 g/mol. The second-order valence-electron chi connectivity index (χ2n) is 4.82. The van der Waals surface area contributed by atoms with Gasteiger partial charge in [0.15, 0.2) is 0 Å². The van der Waals surface area contributed by atoms with E-state index in [0.29, 0.717) is 24.9 Å². The highest BCUT2D eigenvalue weighted by atomic mass is 35.5. The first-order valence-electron chi connectivity index (χ1n) is 6.13. The minimum Gasteiger partial charge on any atom is -0.388 e. The van der Waals surface area contributed by atoms with Crippen molar-refractivity contribution in [3.63, 3.8) is 0 Å². The fourth-order valence-corrected chi connectivity index (χ4v) is 2.07. The summed E-state index contributed by atoms with van der Waals surface area (Å²) in [7, 11) is 0. The highest BCUT2D eigenvalue weighted by Crippen LogP contribution is 2.24. The summed E-state index contributed by atoms with van der Waals surface area (Å²) in [6, 6.07) is 0. The van der Waals surface area contributed by atoms with Crippen LogP contribution in [0, 0.1) is 0 Å². The van der Waals surface area contributed by atoms with Gasteiger partial charge in [0.05, 0.1) is 5.60 Å². The van der Waals surface area contributed by atoms with Gasteiger partial charge in [-0.15, -0.1) is 0 Å². The molecule has 0 amide bonds. The Morgan fingerprint density at radius 1 is 1.44 bits per heavy atom. The zero-order valence-corrected chi connectivity index (χ0v) is 11.4. The van der Waals surface area contributed by atoms with Crippen LogP contribution in [0.2, 0.25) is 5.28 Å². The van der Waals surface area contributed by atoms with Gasteiger partial charge in [-0.3, -0.25) is 0 Å². The Morgan fingerprint density at radius 2 is 2.22 bits per heavy atom. The maximum Gasteiger partial charge on any atom is 0.231 e. The molecule has 1 aliphatic rings. The van der Waals surface area contributed by atoms with Gasteiger partial charge in [0.1, 0.15) is 0 Å². The zero-order chi connectivity index (χ0) is 13.2. The topological polar surface area (TPSA) is 74.2 Å². The van der Waals surface area contributed by atoms with Crippen molar-refractivity contribution >= 4 is 23.5 Å². The van der Waals surface area contributed by atoms with E-state index in [2.05, 4.69) is 27.2 Å². The van der Waals surface area contributed by atoms with Gasteiger partial charge < -0.3 is 15.3 Å². The minimum atomic E-state index is -0.684. The van der Waals surface area contributed by atoms with Gasteiger partial charge >= 0.3 is 0 Å². The monoisotopic (exact) mass is 271 g/mol. The van der Waals surface area contributed by atoms with Crippen molar-refractivity contribution in [2.75, 3.05) is 29.9 Å². The predicted octanol–water partition coefficient (Wildman–Crippen LogP) is 1.31. The summed E-state index contributed by atoms with van der Waals surface area (Å²) in [5.74, 6) is 1.00. The van der Waals surface area contributed by atoms with E-state index in [1.165, 1.54) is 0 Å². The van der Waals surface area contributed by atoms with Crippen LogP contribution >= 0.6 is 11.6 Å². The molecule has 100 valence electrons. The van der Waals surface area contributed by atoms with E-state index in [0.717, 1.165) is 19.5 Å². The SMILES string of the molecule is CCCNc1nc(Cl)nc(N2CCC(C)(O)C2)n1. The molecule has 0 aliphatic carbocycles. The highest BCUT2D eigenvalue weighted by molar-refractivity contribution is 6.28. The fraction of sp³-hybridized carbons (Fsp3) is 0.727. The summed E-state index contributed by atoms with van der Waals surface area (Å²) in [5, 5.41) is 13.2. The second-order valence-corrected chi connectivity index (χ2v) is 5.16. The quantitative estimate of drug-likeness (QED) is 0.860. The van der Waals surface area contributed by atoms with Gasteiger partial charge in [-0.1, -0.05) is 6.92 Å². The summed E-state index contributed by atoms with van der Waals surface area (Å²) >= 11 is 5.89. The van der Waals surface area contributed by atoms with Crippen molar-refractivity contribution < 1.29 is 5.11 Å². The molecule has 1 saturated heterocycles. The molecule has 2 heterocycles. The summed E-state index contributed by atoms with van der Waals surface area (Å²) in [6.07, 6.45) is 1.69. The van der Waals surface area contributed by atoms with Crippen LogP contribution in [-0.4, -0.2) is 45.3 Å². The second kappa shape index (κ2) is 5.24. The van der Waals surface area contributed by atoms with Crippen LogP contribution in [0.15, 0.2) is 0 Å². The molecule has 2 rings (SSSR count). The molecule has 0 radical (unpaired) electrons. The molecule has 0 aromatic carbocycles. The summed E-state index contributed by atoms with van der Waals surface area (Å²) in [6.45, 7) is 5.90. The molecule has 2 N–H and O–H groups in total. The van der Waals surface area contributed by atoms with Crippen LogP contribution in [0.3, 0.4) is 0 Å². The van der Waals surface area contributed by atoms with E-state index in [1.807, 2.05) is 11.8 Å². The maximum absolute atomic E-state index is 9.94. The van der Waals surface area contributed by atoms with Crippen LogP contribution in [0.1, 0.15) is 26.7 Å². The molecule has 1 atom stereocenters. The van der Waals surface area contributed by atoms with Crippen molar-refractivity contribution in [2.24, 2.45) is 0 Å². The molecule has 6 nitrogen and oxygen atoms in total. The number of nitrogens with zero attached hydrogens (tertiary/aromatic N) is 4. The van der Waals surface area contributed by atoms with E-state index in [1.54, 1.807) is 0 Å². The third-order valence-corrected chi connectivity index (χ3v) is 3.03. The van der Waals surface area contributed by atoms with Crippen molar-refractivity contribution in [3.8, 4) is 0 Å². The summed E-state index contributed by atoms with van der Waals surface area (Å²) < 4.78 is 0. The minimum absolute atomic E-state index is 0.171. The molecule has 1 unspecified atom stereocenters. The van der Waals surface area contributed by atoms with Crippen LogP contribution in [0.4, 0.5) is 11.9 Å². The molecule has 0 bridgehead atoms. The van der Waals surface area contributed by atoms with Crippen molar-refractivity contribution in [3.05, 3.63) is 5.28 Å². The number of halogens is 1. The number of aromatic nitrogens is 3. The Kier molecular flexibility index (Phi) is 3.87. The lowest BCUT2D eigenvalue weighted by Gasteiger charge is -2.19. The van der Waals surface area contributed by atoms with Crippen molar-refractivity contribution in [1.82, 2.24) is 15.0 Å². The van der Waals surface area contributed by atoms with Crippen LogP contribution in [0.5, 0.6) is 0 Å². The molecule has 1 aromatic rings. The molecule has 7 heteroatoms. The summed E-state index contributed by atoms with van der Waals surface area (Å²) in [5.41, 5.74) is -0.684. The maximum atomic E-state index is 9.94. The first-order valence-corrected chi connectivity index (χ1v) is 6.51. The van der Waals surface area contributed by atoms with Crippen LogP contribution in [0.25, 0.3) is 0 Å². The Labute approximate surface area is 111 Å². The molecular formula is C11H18ClN5O. The Morgan fingerprint density at radius 3 is 2.83 bits per heavy atom. The van der Waals surface area contributed by atoms with Gasteiger partial charge in [-0.05, 0) is 31.4 Å². The molecule has 1 aliphatic heterocycles. The van der Waals surface area contributed by atoms with E-state index in [-0.39, 0.29) is 5.28 Å². The van der Waals surface area contributed by atoms with Crippen LogP contribution in [-0.2, 0) is 0 Å².